The van der Waals surface area contributed by atoms with E-state index in [9.17, 15) is 0 Å². The Labute approximate surface area is 208 Å². The van der Waals surface area contributed by atoms with Gasteiger partial charge in [-0.05, 0) is 42.3 Å². The summed E-state index contributed by atoms with van der Waals surface area (Å²) in [5.41, 5.74) is 4.93. The Morgan fingerprint density at radius 3 is 1.80 bits per heavy atom. The molecule has 6 nitrogen and oxygen atoms in total. The minimum atomic E-state index is 0.500. The molecule has 0 unspecified atom stereocenters. The second-order valence-electron chi connectivity index (χ2n) is 7.54. The average molecular weight is 469 g/mol. The number of anilines is 2. The summed E-state index contributed by atoms with van der Waals surface area (Å²) in [6, 6.07) is 28.2. The van der Waals surface area contributed by atoms with Crippen molar-refractivity contribution in [1.82, 2.24) is 0 Å². The van der Waals surface area contributed by atoms with E-state index in [4.69, 9.17) is 14.6 Å². The van der Waals surface area contributed by atoms with Crippen LogP contribution < -0.4 is 10.0 Å². The van der Waals surface area contributed by atoms with Gasteiger partial charge in [-0.15, -0.1) is 0 Å². The van der Waals surface area contributed by atoms with Gasteiger partial charge in [0.05, 0.1) is 48.9 Å². The van der Waals surface area contributed by atoms with E-state index in [1.54, 1.807) is 0 Å². The molecule has 0 spiro atoms. The first kappa shape index (κ1) is 25.3. The van der Waals surface area contributed by atoms with Crippen molar-refractivity contribution in [3.05, 3.63) is 122 Å². The lowest BCUT2D eigenvalue weighted by Crippen LogP contribution is -2.23. The van der Waals surface area contributed by atoms with E-state index in [1.165, 1.54) is 12.5 Å². The smallest absolute Gasteiger partial charge is 0.107 e. The highest BCUT2D eigenvalue weighted by Gasteiger charge is 2.07. The molecule has 0 N–H and O–H groups in total. The summed E-state index contributed by atoms with van der Waals surface area (Å²) in [6.07, 6.45) is 4.74. The number of ether oxygens (including phenoxy) is 2. The van der Waals surface area contributed by atoms with Gasteiger partial charge < -0.3 is 9.47 Å². The highest BCUT2D eigenvalue weighted by molar-refractivity contribution is 5.99. The summed E-state index contributed by atoms with van der Waals surface area (Å²) < 4.78 is 10.6. The lowest BCUT2D eigenvalue weighted by molar-refractivity contribution is 0.258. The second kappa shape index (κ2) is 14.1. The average Bonchev–Trinajstić information content (AvgIpc) is 2.91. The molecule has 35 heavy (non-hydrogen) atoms. The van der Waals surface area contributed by atoms with E-state index < -0.39 is 0 Å². The molecule has 0 aromatic heterocycles. The van der Waals surface area contributed by atoms with Crippen LogP contribution in [0.15, 0.2) is 121 Å². The molecule has 3 aromatic carbocycles. The van der Waals surface area contributed by atoms with Crippen LogP contribution in [0.2, 0.25) is 0 Å². The molecule has 0 heterocycles. The summed E-state index contributed by atoms with van der Waals surface area (Å²) in [7, 11) is 0. The second-order valence-corrected chi connectivity index (χ2v) is 7.54. The van der Waals surface area contributed by atoms with Crippen molar-refractivity contribution in [1.29, 1.82) is 0 Å². The number of hydrogen-bond donors (Lipinski definition) is 0. The molecule has 3 rings (SSSR count). The Balaban J connectivity index is 1.73. The summed E-state index contributed by atoms with van der Waals surface area (Å²) in [4.78, 5) is 0. The molecule has 3 aromatic rings. The van der Waals surface area contributed by atoms with Gasteiger partial charge in [-0.2, -0.15) is 10.2 Å². The fourth-order valence-electron chi connectivity index (χ4n) is 3.32. The van der Waals surface area contributed by atoms with Crippen molar-refractivity contribution in [2.75, 3.05) is 36.3 Å². The molecule has 0 aliphatic rings. The molecule has 0 saturated carbocycles. The van der Waals surface area contributed by atoms with Crippen molar-refractivity contribution in [2.24, 2.45) is 10.2 Å². The fraction of sp³-hybridized carbons (Fsp3) is 0.172. The highest BCUT2D eigenvalue weighted by atomic mass is 16.5. The van der Waals surface area contributed by atoms with Crippen LogP contribution in [0.25, 0.3) is 0 Å². The molecule has 0 fully saturated rings. The van der Waals surface area contributed by atoms with Gasteiger partial charge in [-0.1, -0.05) is 73.8 Å². The molecular weight excluding hydrogens is 436 g/mol. The van der Waals surface area contributed by atoms with Crippen LogP contribution in [0.3, 0.4) is 0 Å². The summed E-state index contributed by atoms with van der Waals surface area (Å²) in [5.74, 6) is 0. The van der Waals surface area contributed by atoms with Gasteiger partial charge in [0.25, 0.3) is 0 Å². The van der Waals surface area contributed by atoms with Crippen molar-refractivity contribution < 1.29 is 9.47 Å². The maximum absolute atomic E-state index is 5.32. The van der Waals surface area contributed by atoms with Crippen LogP contribution in [-0.2, 0) is 9.47 Å². The molecule has 180 valence electrons. The number of para-hydroxylation sites is 2. The van der Waals surface area contributed by atoms with Crippen molar-refractivity contribution >= 4 is 23.3 Å². The van der Waals surface area contributed by atoms with Gasteiger partial charge in [-0.25, -0.2) is 0 Å². The largest absolute Gasteiger partial charge is 0.500 e. The molecule has 0 aliphatic heterocycles. The lowest BCUT2D eigenvalue weighted by atomic mass is 10.1. The van der Waals surface area contributed by atoms with Crippen LogP contribution in [0.1, 0.15) is 18.1 Å². The number of benzene rings is 3. The first-order valence-corrected chi connectivity index (χ1v) is 11.5. The third-order valence-electron chi connectivity index (χ3n) is 5.13. The standard InChI is InChI=1S/C29H32N4O2/c1-4-34-22-20-32(28-12-8-6-9-13-28)30-24-26-16-18-27(19-17-26)25(3)31-33(21-23-35-5-2)29-14-10-7-11-15-29/h4-19,24H,1-2,20-23H2,3H3. The zero-order chi connectivity index (χ0) is 24.7. The van der Waals surface area contributed by atoms with Crippen molar-refractivity contribution in [3.8, 4) is 0 Å². The maximum atomic E-state index is 5.32. The Kier molecular flexibility index (Phi) is 10.2. The van der Waals surface area contributed by atoms with Crippen molar-refractivity contribution in [2.45, 2.75) is 6.92 Å². The van der Waals surface area contributed by atoms with Crippen molar-refractivity contribution in [3.63, 3.8) is 0 Å². The van der Waals surface area contributed by atoms with Gasteiger partial charge in [0.1, 0.15) is 13.2 Å². The molecule has 0 amide bonds. The first-order valence-electron chi connectivity index (χ1n) is 11.5. The Bertz CT molecular complexity index is 1100. The normalized spacial score (nSPS) is 11.2. The summed E-state index contributed by atoms with van der Waals surface area (Å²) in [6.45, 7) is 11.4. The van der Waals surface area contributed by atoms with E-state index in [0.29, 0.717) is 26.3 Å². The minimum absolute atomic E-state index is 0.500. The maximum Gasteiger partial charge on any atom is 0.107 e. The third kappa shape index (κ3) is 8.19. The number of rotatable bonds is 14. The lowest BCUT2D eigenvalue weighted by Gasteiger charge is -2.20. The molecule has 0 radical (unpaired) electrons. The van der Waals surface area contributed by atoms with Crippen LogP contribution >= 0.6 is 0 Å². The van der Waals surface area contributed by atoms with Gasteiger partial charge >= 0.3 is 0 Å². The number of nitrogens with zero attached hydrogens (tertiary/aromatic N) is 4. The molecule has 0 aliphatic carbocycles. The van der Waals surface area contributed by atoms with E-state index in [1.807, 2.05) is 96.0 Å². The Hall–Kier alpha value is -4.32. The van der Waals surface area contributed by atoms with E-state index in [2.05, 4.69) is 30.4 Å². The van der Waals surface area contributed by atoms with E-state index >= 15 is 0 Å². The zero-order valence-electron chi connectivity index (χ0n) is 20.2. The molecule has 0 saturated heterocycles. The minimum Gasteiger partial charge on any atom is -0.500 e. The predicted octanol–water partition coefficient (Wildman–Crippen LogP) is 6.08. The number of hydrazone groups is 2. The highest BCUT2D eigenvalue weighted by Crippen LogP contribution is 2.16. The molecule has 6 heteroatoms. The topological polar surface area (TPSA) is 49.7 Å². The molecular formula is C29H32N4O2. The van der Waals surface area contributed by atoms with E-state index in [-0.39, 0.29) is 0 Å². The Morgan fingerprint density at radius 1 is 0.743 bits per heavy atom. The number of hydrogen-bond acceptors (Lipinski definition) is 6. The Morgan fingerprint density at radius 2 is 1.26 bits per heavy atom. The van der Waals surface area contributed by atoms with Crippen LogP contribution in [0.4, 0.5) is 11.4 Å². The first-order chi connectivity index (χ1) is 17.2. The van der Waals surface area contributed by atoms with Gasteiger partial charge in [0.15, 0.2) is 0 Å². The quantitative estimate of drug-likeness (QED) is 0.125. The SMILES string of the molecule is C=COCCN(N=Cc1ccc(C(C)=NN(CCOC=C)c2ccccc2)cc1)c1ccccc1. The van der Waals surface area contributed by atoms with Crippen LogP contribution in [0.5, 0.6) is 0 Å². The van der Waals surface area contributed by atoms with E-state index in [0.717, 1.165) is 28.2 Å². The molecule has 0 bridgehead atoms. The van der Waals surface area contributed by atoms with Crippen LogP contribution in [-0.4, -0.2) is 38.2 Å². The third-order valence-corrected chi connectivity index (χ3v) is 5.13. The van der Waals surface area contributed by atoms with Gasteiger partial charge in [-0.3, -0.25) is 10.0 Å². The summed E-state index contributed by atoms with van der Waals surface area (Å²) in [5, 5.41) is 13.4. The van der Waals surface area contributed by atoms with Gasteiger partial charge in [0, 0.05) is 0 Å². The van der Waals surface area contributed by atoms with Crippen LogP contribution in [0, 0.1) is 0 Å². The monoisotopic (exact) mass is 468 g/mol. The molecule has 0 atom stereocenters. The predicted molar refractivity (Wildman–Crippen MR) is 146 cm³/mol. The summed E-state index contributed by atoms with van der Waals surface area (Å²) >= 11 is 0. The van der Waals surface area contributed by atoms with Gasteiger partial charge in [0.2, 0.25) is 0 Å². The zero-order valence-corrected chi connectivity index (χ0v) is 20.2. The fourth-order valence-corrected chi connectivity index (χ4v) is 3.32.